The van der Waals surface area contributed by atoms with Crippen molar-refractivity contribution in [3.63, 3.8) is 0 Å². The molecule has 2 aliphatic heterocycles. The van der Waals surface area contributed by atoms with Gasteiger partial charge in [-0.15, -0.1) is 10.2 Å². The zero-order chi connectivity index (χ0) is 23.4. The van der Waals surface area contributed by atoms with Crippen LogP contribution in [-0.2, 0) is 20.0 Å². The molecule has 0 saturated heterocycles. The number of aryl methyl sites for hydroxylation is 1. The van der Waals surface area contributed by atoms with Crippen molar-refractivity contribution in [1.82, 2.24) is 29.3 Å². The number of fused-ring (bicyclic) bond motifs is 3. The zero-order valence-electron chi connectivity index (χ0n) is 19.4. The lowest BCUT2D eigenvalue weighted by Gasteiger charge is -2.16. The predicted molar refractivity (Wildman–Crippen MR) is 125 cm³/mol. The lowest BCUT2D eigenvalue weighted by molar-refractivity contribution is 0.249. The first-order valence-corrected chi connectivity index (χ1v) is 11.3. The van der Waals surface area contributed by atoms with Gasteiger partial charge in [0.15, 0.2) is 17.2 Å². The van der Waals surface area contributed by atoms with E-state index in [1.807, 2.05) is 36.3 Å². The van der Waals surface area contributed by atoms with Crippen LogP contribution in [0.1, 0.15) is 22.7 Å². The largest absolute Gasteiger partial charge is 0.493 e. The summed E-state index contributed by atoms with van der Waals surface area (Å²) in [4.78, 5) is 2.14. The lowest BCUT2D eigenvalue weighted by atomic mass is 9.96. The summed E-state index contributed by atoms with van der Waals surface area (Å²) < 4.78 is 30.7. The number of hydrogen-bond acceptors (Lipinski definition) is 7. The molecule has 1 N–H and O–H groups in total. The number of benzene rings is 1. The van der Waals surface area contributed by atoms with E-state index in [1.165, 1.54) is 6.07 Å². The van der Waals surface area contributed by atoms with Gasteiger partial charge >= 0.3 is 0 Å². The van der Waals surface area contributed by atoms with Gasteiger partial charge in [0.2, 0.25) is 0 Å². The van der Waals surface area contributed by atoms with Crippen molar-refractivity contribution >= 4 is 11.5 Å². The predicted octanol–water partition coefficient (Wildman–Crippen LogP) is 2.85. The van der Waals surface area contributed by atoms with Crippen LogP contribution in [0.4, 0.5) is 10.2 Å². The fraction of sp³-hybridized carbons (Fsp3) is 0.375. The molecule has 0 fully saturated rings. The Hall–Kier alpha value is -3.66. The summed E-state index contributed by atoms with van der Waals surface area (Å²) >= 11 is 0. The number of halogens is 1. The molecule has 10 heteroatoms. The number of anilines is 1. The summed E-state index contributed by atoms with van der Waals surface area (Å²) in [7, 11) is 6.03. The summed E-state index contributed by atoms with van der Waals surface area (Å²) in [5.41, 5.74) is 4.98. The summed E-state index contributed by atoms with van der Waals surface area (Å²) in [6.07, 6.45) is 2.50. The number of nitrogens with zero attached hydrogens (tertiary/aromatic N) is 6. The maximum absolute atomic E-state index is 14.8. The summed E-state index contributed by atoms with van der Waals surface area (Å²) in [6.45, 7) is 2.07. The van der Waals surface area contributed by atoms with E-state index >= 15 is 0 Å². The molecule has 0 aliphatic carbocycles. The quantitative estimate of drug-likeness (QED) is 0.498. The number of likely N-dealkylation sites (N-methyl/N-ethyl adjacent to an activating group) is 1. The number of ether oxygens (including phenoxy) is 2. The second-order valence-electron chi connectivity index (χ2n) is 9.10. The van der Waals surface area contributed by atoms with Crippen molar-refractivity contribution in [3.05, 3.63) is 53.2 Å². The Kier molecular flexibility index (Phi) is 4.91. The second kappa shape index (κ2) is 7.98. The normalized spacial score (nSPS) is 16.8. The van der Waals surface area contributed by atoms with Gasteiger partial charge in [-0.3, -0.25) is 9.08 Å². The lowest BCUT2D eigenvalue weighted by Crippen LogP contribution is -2.15. The van der Waals surface area contributed by atoms with Gasteiger partial charge in [0, 0.05) is 43.2 Å². The van der Waals surface area contributed by atoms with Crippen LogP contribution < -0.4 is 14.8 Å². The van der Waals surface area contributed by atoms with E-state index in [9.17, 15) is 4.39 Å². The summed E-state index contributed by atoms with van der Waals surface area (Å²) in [6, 6.07) is 7.23. The Labute approximate surface area is 196 Å². The van der Waals surface area contributed by atoms with E-state index in [2.05, 4.69) is 26.5 Å². The highest BCUT2D eigenvalue weighted by molar-refractivity contribution is 5.80. The second-order valence-corrected chi connectivity index (χ2v) is 9.10. The van der Waals surface area contributed by atoms with Gasteiger partial charge < -0.3 is 19.7 Å². The maximum atomic E-state index is 14.8. The molecule has 3 aromatic heterocycles. The van der Waals surface area contributed by atoms with Crippen molar-refractivity contribution in [2.24, 2.45) is 7.05 Å². The Morgan fingerprint density at radius 3 is 2.82 bits per heavy atom. The summed E-state index contributed by atoms with van der Waals surface area (Å²) in [5, 5.41) is 16.6. The average Bonchev–Trinajstić information content (AvgIpc) is 3.54. The molecule has 4 aromatic rings. The smallest absolute Gasteiger partial charge is 0.171 e. The molecule has 0 radical (unpaired) electrons. The Morgan fingerprint density at radius 2 is 2.00 bits per heavy atom. The van der Waals surface area contributed by atoms with Crippen molar-refractivity contribution in [2.75, 3.05) is 39.2 Å². The van der Waals surface area contributed by atoms with E-state index in [1.54, 1.807) is 12.4 Å². The van der Waals surface area contributed by atoms with Crippen molar-refractivity contribution in [3.8, 4) is 22.8 Å². The molecule has 176 valence electrons. The zero-order valence-corrected chi connectivity index (χ0v) is 19.4. The number of rotatable bonds is 4. The molecule has 1 atom stereocenters. The fourth-order valence-corrected chi connectivity index (χ4v) is 4.81. The minimum atomic E-state index is -0.248. The van der Waals surface area contributed by atoms with Crippen LogP contribution in [0.5, 0.6) is 11.5 Å². The number of pyridine rings is 1. The van der Waals surface area contributed by atoms with Crippen molar-refractivity contribution < 1.29 is 13.9 Å². The molecule has 0 amide bonds. The molecule has 6 rings (SSSR count). The van der Waals surface area contributed by atoms with Gasteiger partial charge in [0.25, 0.3) is 0 Å². The third-order valence-electron chi connectivity index (χ3n) is 6.54. The Bertz CT molecular complexity index is 1390. The van der Waals surface area contributed by atoms with Crippen LogP contribution in [-0.4, -0.2) is 63.1 Å². The Balaban J connectivity index is 1.44. The van der Waals surface area contributed by atoms with E-state index in [-0.39, 0.29) is 11.7 Å². The molecular formula is C24H26FN7O2. The molecule has 5 heterocycles. The van der Waals surface area contributed by atoms with E-state index in [0.717, 1.165) is 41.2 Å². The van der Waals surface area contributed by atoms with Crippen LogP contribution in [0.2, 0.25) is 0 Å². The third-order valence-corrected chi connectivity index (χ3v) is 6.54. The molecule has 0 spiro atoms. The van der Waals surface area contributed by atoms with Gasteiger partial charge in [-0.05, 0) is 38.4 Å². The number of aromatic nitrogens is 5. The molecule has 2 aliphatic rings. The van der Waals surface area contributed by atoms with Crippen LogP contribution in [0.25, 0.3) is 16.9 Å². The van der Waals surface area contributed by atoms with Crippen LogP contribution >= 0.6 is 0 Å². The van der Waals surface area contributed by atoms with E-state index in [0.29, 0.717) is 42.5 Å². The van der Waals surface area contributed by atoms with E-state index < -0.39 is 0 Å². The minimum absolute atomic E-state index is 0.0390. The summed E-state index contributed by atoms with van der Waals surface area (Å²) in [5.74, 6) is 1.79. The number of nitrogens with one attached hydrogen (secondary N) is 1. The highest BCUT2D eigenvalue weighted by Crippen LogP contribution is 2.41. The fourth-order valence-electron chi connectivity index (χ4n) is 4.81. The molecular weight excluding hydrogens is 437 g/mol. The van der Waals surface area contributed by atoms with Gasteiger partial charge in [0.05, 0.1) is 30.5 Å². The first-order chi connectivity index (χ1) is 16.5. The number of hydrogen-bond donors (Lipinski definition) is 1. The SMILES string of the molecule is CN(C)CCc1cc(-c2cc3c(n4cnnc24)NCc2c(F)ccc4c2[C@H](CO4)CO3)n(C)n1. The van der Waals surface area contributed by atoms with Gasteiger partial charge in [-0.2, -0.15) is 5.10 Å². The molecule has 34 heavy (non-hydrogen) atoms. The Morgan fingerprint density at radius 1 is 1.18 bits per heavy atom. The van der Waals surface area contributed by atoms with Gasteiger partial charge in [0.1, 0.15) is 17.9 Å². The van der Waals surface area contributed by atoms with Crippen LogP contribution in [0.3, 0.4) is 0 Å². The van der Waals surface area contributed by atoms with Crippen molar-refractivity contribution in [2.45, 2.75) is 18.9 Å². The molecule has 0 saturated carbocycles. The standard InChI is InChI=1S/C24H26FN7O2/c1-30(2)7-6-15-8-19(31(3)29-15)16-9-21-24(32-13-27-28-23(16)32)26-10-17-18(25)4-5-20-22(17)14(11-33-20)12-34-21/h4-5,8-9,13-14,26H,6-7,10-12H2,1-3H3/t14-/m1/s1. The third kappa shape index (κ3) is 3.37. The van der Waals surface area contributed by atoms with Crippen LogP contribution in [0, 0.1) is 5.82 Å². The average molecular weight is 464 g/mol. The highest BCUT2D eigenvalue weighted by Gasteiger charge is 2.32. The molecule has 0 unspecified atom stereocenters. The van der Waals surface area contributed by atoms with Gasteiger partial charge in [-0.1, -0.05) is 0 Å². The van der Waals surface area contributed by atoms with Crippen LogP contribution in [0.15, 0.2) is 30.6 Å². The minimum Gasteiger partial charge on any atom is -0.493 e. The van der Waals surface area contributed by atoms with Crippen molar-refractivity contribution in [1.29, 1.82) is 0 Å². The highest BCUT2D eigenvalue weighted by atomic mass is 19.1. The maximum Gasteiger partial charge on any atom is 0.171 e. The molecule has 1 aromatic carbocycles. The topological polar surface area (TPSA) is 81.7 Å². The van der Waals surface area contributed by atoms with Gasteiger partial charge in [-0.25, -0.2) is 4.39 Å². The first kappa shape index (κ1) is 20.9. The van der Waals surface area contributed by atoms with E-state index in [4.69, 9.17) is 14.6 Å². The monoisotopic (exact) mass is 463 g/mol. The molecule has 9 nitrogen and oxygen atoms in total. The molecule has 0 bridgehead atoms. The first-order valence-electron chi connectivity index (χ1n) is 11.3.